The fraction of sp³-hybridized carbons (Fsp3) is 0.344. The summed E-state index contributed by atoms with van der Waals surface area (Å²) < 4.78 is 41.9. The lowest BCUT2D eigenvalue weighted by molar-refractivity contribution is 0.0601. The minimum Gasteiger partial charge on any atom is -0.489 e. The van der Waals surface area contributed by atoms with Gasteiger partial charge in [0.1, 0.15) is 29.7 Å². The SMILES string of the molecule is COC(=O)c1ccc2nc(CN3CCN(c4cccc(OCc5ccc(C#N)cc5F)c4)CC3)n(CC3(F)CC3)c2c1. The Morgan fingerprint density at radius 1 is 1.07 bits per heavy atom. The monoisotopic (exact) mass is 571 g/mol. The molecule has 0 spiro atoms. The third-order valence-corrected chi connectivity index (χ3v) is 7.98. The fourth-order valence-electron chi connectivity index (χ4n) is 5.32. The third kappa shape index (κ3) is 5.92. The second-order valence-electron chi connectivity index (χ2n) is 10.9. The maximum absolute atomic E-state index is 14.9. The van der Waals surface area contributed by atoms with E-state index in [1.807, 2.05) is 34.9 Å². The number of rotatable bonds is 9. The molecule has 0 amide bonds. The number of esters is 1. The van der Waals surface area contributed by atoms with Gasteiger partial charge in [-0.15, -0.1) is 0 Å². The maximum Gasteiger partial charge on any atom is 0.337 e. The van der Waals surface area contributed by atoms with E-state index in [0.29, 0.717) is 36.3 Å². The van der Waals surface area contributed by atoms with Crippen LogP contribution in [0.4, 0.5) is 14.5 Å². The molecule has 1 aliphatic carbocycles. The zero-order valence-electron chi connectivity index (χ0n) is 23.4. The molecular weight excluding hydrogens is 540 g/mol. The predicted molar refractivity (Wildman–Crippen MR) is 154 cm³/mol. The summed E-state index contributed by atoms with van der Waals surface area (Å²) in [6, 6.07) is 19.3. The van der Waals surface area contributed by atoms with E-state index in [-0.39, 0.29) is 18.7 Å². The van der Waals surface area contributed by atoms with Gasteiger partial charge in [0, 0.05) is 43.5 Å². The summed E-state index contributed by atoms with van der Waals surface area (Å²) in [5.41, 5.74) is 2.36. The number of alkyl halides is 1. The molecule has 4 aromatic rings. The Kier molecular flexibility index (Phi) is 7.52. The lowest BCUT2D eigenvalue weighted by Gasteiger charge is -2.36. The number of halogens is 2. The minimum absolute atomic E-state index is 0.0665. The Morgan fingerprint density at radius 2 is 1.88 bits per heavy atom. The van der Waals surface area contributed by atoms with E-state index in [9.17, 15) is 13.6 Å². The zero-order chi connectivity index (χ0) is 29.3. The second-order valence-corrected chi connectivity index (χ2v) is 10.9. The molecule has 3 aromatic carbocycles. The van der Waals surface area contributed by atoms with Crippen LogP contribution in [-0.4, -0.2) is 59.4 Å². The van der Waals surface area contributed by atoms with Crippen LogP contribution < -0.4 is 9.64 Å². The van der Waals surface area contributed by atoms with Crippen LogP contribution >= 0.6 is 0 Å². The number of aromatic nitrogens is 2. The number of hydrogen-bond acceptors (Lipinski definition) is 7. The smallest absolute Gasteiger partial charge is 0.337 e. The summed E-state index contributed by atoms with van der Waals surface area (Å²) >= 11 is 0. The van der Waals surface area contributed by atoms with Crippen molar-refractivity contribution >= 4 is 22.7 Å². The minimum atomic E-state index is -1.22. The highest BCUT2D eigenvalue weighted by Crippen LogP contribution is 2.42. The van der Waals surface area contributed by atoms with Gasteiger partial charge in [-0.1, -0.05) is 12.1 Å². The summed E-state index contributed by atoms with van der Waals surface area (Å²) in [6.07, 6.45) is 1.07. The number of methoxy groups -OCH3 is 1. The highest BCUT2D eigenvalue weighted by Gasteiger charge is 2.44. The van der Waals surface area contributed by atoms with Gasteiger partial charge in [-0.3, -0.25) is 4.90 Å². The van der Waals surface area contributed by atoms with Gasteiger partial charge in [0.15, 0.2) is 0 Å². The maximum atomic E-state index is 14.9. The van der Waals surface area contributed by atoms with Crippen molar-refractivity contribution in [2.75, 3.05) is 38.2 Å². The van der Waals surface area contributed by atoms with E-state index in [2.05, 4.69) is 9.80 Å². The summed E-state index contributed by atoms with van der Waals surface area (Å²) in [6.45, 7) is 4.02. The Hall–Kier alpha value is -4.49. The first-order valence-electron chi connectivity index (χ1n) is 14.0. The molecule has 0 radical (unpaired) electrons. The Morgan fingerprint density at radius 3 is 2.60 bits per heavy atom. The number of anilines is 1. The second kappa shape index (κ2) is 11.4. The number of piperazine rings is 1. The van der Waals surface area contributed by atoms with Gasteiger partial charge in [-0.25, -0.2) is 18.6 Å². The van der Waals surface area contributed by atoms with Gasteiger partial charge >= 0.3 is 5.97 Å². The molecule has 0 unspecified atom stereocenters. The van der Waals surface area contributed by atoms with Crippen molar-refractivity contribution in [3.63, 3.8) is 0 Å². The number of hydrogen-bond donors (Lipinski definition) is 0. The number of imidazole rings is 1. The molecule has 2 aliphatic rings. The van der Waals surface area contributed by atoms with Gasteiger partial charge < -0.3 is 18.9 Å². The van der Waals surface area contributed by atoms with Crippen LogP contribution in [0.1, 0.15) is 40.2 Å². The van der Waals surface area contributed by atoms with Gasteiger partial charge in [-0.2, -0.15) is 5.26 Å². The summed E-state index contributed by atoms with van der Waals surface area (Å²) in [7, 11) is 1.34. The molecule has 2 fully saturated rings. The molecule has 1 aromatic heterocycles. The van der Waals surface area contributed by atoms with Gasteiger partial charge in [0.2, 0.25) is 0 Å². The average molecular weight is 572 g/mol. The predicted octanol–water partition coefficient (Wildman–Crippen LogP) is 5.24. The van der Waals surface area contributed by atoms with Gasteiger partial charge in [0.05, 0.1) is 48.4 Å². The van der Waals surface area contributed by atoms with Crippen LogP contribution in [0.15, 0.2) is 60.7 Å². The van der Waals surface area contributed by atoms with Gasteiger partial charge in [0.25, 0.3) is 0 Å². The van der Waals surface area contributed by atoms with Crippen LogP contribution in [-0.2, 0) is 24.4 Å². The molecule has 1 saturated heterocycles. The van der Waals surface area contributed by atoms with Crippen LogP contribution in [0.5, 0.6) is 5.75 Å². The molecule has 216 valence electrons. The van der Waals surface area contributed by atoms with E-state index < -0.39 is 17.5 Å². The van der Waals surface area contributed by atoms with Crippen molar-refractivity contribution in [3.8, 4) is 11.8 Å². The molecule has 0 N–H and O–H groups in total. The lowest BCUT2D eigenvalue weighted by atomic mass is 10.1. The highest BCUT2D eigenvalue weighted by atomic mass is 19.1. The summed E-state index contributed by atoms with van der Waals surface area (Å²) in [5.74, 6) is 0.533. The van der Waals surface area contributed by atoms with Gasteiger partial charge in [-0.05, 0) is 55.3 Å². The van der Waals surface area contributed by atoms with Crippen LogP contribution in [0.3, 0.4) is 0 Å². The van der Waals surface area contributed by atoms with E-state index >= 15 is 0 Å². The molecule has 10 heteroatoms. The largest absolute Gasteiger partial charge is 0.489 e. The number of nitrogens with zero attached hydrogens (tertiary/aromatic N) is 5. The topological polar surface area (TPSA) is 83.6 Å². The van der Waals surface area contributed by atoms with Crippen molar-refractivity contribution in [2.24, 2.45) is 0 Å². The van der Waals surface area contributed by atoms with Crippen molar-refractivity contribution in [3.05, 3.63) is 89.0 Å². The number of carbonyl (C=O) groups is 1. The molecule has 0 atom stereocenters. The molecule has 1 saturated carbocycles. The van der Waals surface area contributed by atoms with E-state index in [1.54, 1.807) is 30.3 Å². The summed E-state index contributed by atoms with van der Waals surface area (Å²) in [4.78, 5) is 21.5. The van der Waals surface area contributed by atoms with Crippen LogP contribution in [0, 0.1) is 17.1 Å². The number of carbonyl (C=O) groups excluding carboxylic acids is 1. The van der Waals surface area contributed by atoms with Crippen molar-refractivity contribution in [1.82, 2.24) is 14.5 Å². The number of nitriles is 1. The Bertz CT molecular complexity index is 1670. The van der Waals surface area contributed by atoms with E-state index in [0.717, 1.165) is 48.7 Å². The Balaban J connectivity index is 1.11. The number of fused-ring (bicyclic) bond motifs is 1. The molecule has 8 nitrogen and oxygen atoms in total. The van der Waals surface area contributed by atoms with E-state index in [4.69, 9.17) is 19.7 Å². The summed E-state index contributed by atoms with van der Waals surface area (Å²) in [5, 5.41) is 8.94. The highest BCUT2D eigenvalue weighted by molar-refractivity contribution is 5.93. The van der Waals surface area contributed by atoms with Crippen LogP contribution in [0.2, 0.25) is 0 Å². The normalized spacial score (nSPS) is 16.3. The molecule has 0 bridgehead atoms. The molecular formula is C32H31F2N5O3. The standard InChI is InChI=1S/C32H31F2N5O3/c1-41-31(40)23-7-8-28-29(16-23)39(21-32(34)9-10-32)30(36-28)19-37-11-13-38(14-12-37)25-3-2-4-26(17-25)42-20-24-6-5-22(18-35)15-27(24)33/h2-8,15-17H,9-14,19-21H2,1H3. The first-order chi connectivity index (χ1) is 20.3. The van der Waals surface area contributed by atoms with Crippen LogP contribution in [0.25, 0.3) is 11.0 Å². The molecule has 42 heavy (non-hydrogen) atoms. The van der Waals surface area contributed by atoms with E-state index in [1.165, 1.54) is 13.2 Å². The van der Waals surface area contributed by atoms with Crippen molar-refractivity contribution in [2.45, 2.75) is 38.2 Å². The molecule has 6 rings (SSSR count). The van der Waals surface area contributed by atoms with Crippen molar-refractivity contribution in [1.29, 1.82) is 5.26 Å². The average Bonchev–Trinajstić information content (AvgIpc) is 3.66. The lowest BCUT2D eigenvalue weighted by Crippen LogP contribution is -2.46. The third-order valence-electron chi connectivity index (χ3n) is 7.98. The first kappa shape index (κ1) is 27.7. The zero-order valence-corrected chi connectivity index (χ0v) is 23.4. The Labute approximate surface area is 242 Å². The number of ether oxygens (including phenoxy) is 2. The van der Waals surface area contributed by atoms with Crippen molar-refractivity contribution < 1.29 is 23.0 Å². The quantitative estimate of drug-likeness (QED) is 0.254. The fourth-order valence-corrected chi connectivity index (χ4v) is 5.32. The molecule has 1 aliphatic heterocycles. The number of benzene rings is 3. The first-order valence-corrected chi connectivity index (χ1v) is 14.0. The molecule has 2 heterocycles.